The number of anilines is 1. The number of rotatable bonds is 6. The highest BCUT2D eigenvalue weighted by molar-refractivity contribution is 5.89. The maximum atomic E-state index is 11.9. The number of carbonyl (C=O) groups is 1. The Labute approximate surface area is 142 Å². The molecule has 24 heavy (non-hydrogen) atoms. The van der Waals surface area contributed by atoms with E-state index in [0.717, 1.165) is 11.3 Å². The third kappa shape index (κ3) is 5.62. The number of carbonyl (C=O) groups excluding carboxylic acids is 1. The van der Waals surface area contributed by atoms with Crippen LogP contribution in [0.15, 0.2) is 36.5 Å². The van der Waals surface area contributed by atoms with Crippen molar-refractivity contribution >= 4 is 11.7 Å². The van der Waals surface area contributed by atoms with Crippen molar-refractivity contribution in [1.29, 1.82) is 0 Å². The number of hydrogen-bond acceptors (Lipinski definition) is 4. The van der Waals surface area contributed by atoms with Crippen molar-refractivity contribution in [3.8, 4) is 11.4 Å². The third-order valence-corrected chi connectivity index (χ3v) is 3.55. The highest BCUT2D eigenvalue weighted by Crippen LogP contribution is 2.17. The molecule has 2 amide bonds. The molecule has 2 atom stereocenters. The average molecular weight is 328 g/mol. The SMILES string of the molecule is Cc1ccnc(-c2ccc(NC(=O)NCC(C)CC(C)O)cc2)n1. The van der Waals surface area contributed by atoms with Gasteiger partial charge in [-0.1, -0.05) is 6.92 Å². The number of hydrogen-bond donors (Lipinski definition) is 3. The smallest absolute Gasteiger partial charge is 0.319 e. The molecule has 1 heterocycles. The Balaban J connectivity index is 1.88. The molecule has 0 aliphatic rings. The first kappa shape index (κ1) is 17.9. The normalized spacial score (nSPS) is 13.2. The summed E-state index contributed by atoms with van der Waals surface area (Å²) >= 11 is 0. The molecule has 1 aromatic heterocycles. The van der Waals surface area contributed by atoms with Crippen molar-refractivity contribution in [2.45, 2.75) is 33.3 Å². The van der Waals surface area contributed by atoms with Crippen LogP contribution in [0.1, 0.15) is 26.0 Å². The molecule has 2 aromatic rings. The van der Waals surface area contributed by atoms with Gasteiger partial charge < -0.3 is 15.7 Å². The second kappa shape index (κ2) is 8.40. The Kier molecular flexibility index (Phi) is 6.26. The fraction of sp³-hybridized carbons (Fsp3) is 0.389. The Hall–Kier alpha value is -2.47. The summed E-state index contributed by atoms with van der Waals surface area (Å²) in [5, 5.41) is 14.9. The predicted octanol–water partition coefficient (Wildman–Crippen LogP) is 2.98. The molecular weight excluding hydrogens is 304 g/mol. The number of aliphatic hydroxyl groups excluding tert-OH is 1. The first-order chi connectivity index (χ1) is 11.4. The summed E-state index contributed by atoms with van der Waals surface area (Å²) in [4.78, 5) is 20.5. The van der Waals surface area contributed by atoms with Gasteiger partial charge in [-0.2, -0.15) is 0 Å². The summed E-state index contributed by atoms with van der Waals surface area (Å²) in [7, 11) is 0. The molecule has 0 saturated carbocycles. The van der Waals surface area contributed by atoms with Crippen LogP contribution in [0.2, 0.25) is 0 Å². The van der Waals surface area contributed by atoms with Gasteiger partial charge in [0.15, 0.2) is 5.82 Å². The molecule has 0 radical (unpaired) electrons. The number of aryl methyl sites for hydroxylation is 1. The molecule has 6 nitrogen and oxygen atoms in total. The Morgan fingerprint density at radius 2 is 1.92 bits per heavy atom. The molecule has 0 bridgehead atoms. The predicted molar refractivity (Wildman–Crippen MR) is 94.7 cm³/mol. The molecule has 6 heteroatoms. The number of urea groups is 1. The summed E-state index contributed by atoms with van der Waals surface area (Å²) in [5.74, 6) is 0.884. The van der Waals surface area contributed by atoms with E-state index in [1.165, 1.54) is 0 Å². The molecule has 2 unspecified atom stereocenters. The number of nitrogens with zero attached hydrogens (tertiary/aromatic N) is 2. The lowest BCUT2D eigenvalue weighted by Gasteiger charge is -2.14. The zero-order valence-corrected chi connectivity index (χ0v) is 14.3. The first-order valence-electron chi connectivity index (χ1n) is 8.07. The van der Waals surface area contributed by atoms with Gasteiger partial charge in [0.25, 0.3) is 0 Å². The van der Waals surface area contributed by atoms with Crippen LogP contribution in [0, 0.1) is 12.8 Å². The van der Waals surface area contributed by atoms with Crippen LogP contribution < -0.4 is 10.6 Å². The highest BCUT2D eigenvalue weighted by atomic mass is 16.3. The monoisotopic (exact) mass is 328 g/mol. The summed E-state index contributed by atoms with van der Waals surface area (Å²) in [6.45, 7) is 6.18. The van der Waals surface area contributed by atoms with Crippen molar-refractivity contribution < 1.29 is 9.90 Å². The second-order valence-corrected chi connectivity index (χ2v) is 6.12. The van der Waals surface area contributed by atoms with Crippen LogP contribution in [0.5, 0.6) is 0 Å². The zero-order valence-electron chi connectivity index (χ0n) is 14.3. The van der Waals surface area contributed by atoms with Crippen molar-refractivity contribution in [1.82, 2.24) is 15.3 Å². The second-order valence-electron chi connectivity index (χ2n) is 6.12. The summed E-state index contributed by atoms with van der Waals surface area (Å²) in [6, 6.07) is 8.98. The van der Waals surface area contributed by atoms with Crippen LogP contribution in [-0.2, 0) is 0 Å². The quantitative estimate of drug-likeness (QED) is 0.761. The lowest BCUT2D eigenvalue weighted by Crippen LogP contribution is -2.33. The van der Waals surface area contributed by atoms with Gasteiger partial charge in [-0.05, 0) is 56.5 Å². The number of benzene rings is 1. The van der Waals surface area contributed by atoms with Gasteiger partial charge in [-0.3, -0.25) is 0 Å². The van der Waals surface area contributed by atoms with E-state index in [1.807, 2.05) is 44.2 Å². The topological polar surface area (TPSA) is 87.1 Å². The van der Waals surface area contributed by atoms with Crippen molar-refractivity contribution in [3.05, 3.63) is 42.2 Å². The number of amides is 2. The van der Waals surface area contributed by atoms with Crippen molar-refractivity contribution in [2.24, 2.45) is 5.92 Å². The van der Waals surface area contributed by atoms with Gasteiger partial charge in [0, 0.05) is 29.7 Å². The van der Waals surface area contributed by atoms with Crippen LogP contribution >= 0.6 is 0 Å². The molecule has 2 rings (SSSR count). The van der Waals surface area contributed by atoms with Crippen LogP contribution in [0.25, 0.3) is 11.4 Å². The Morgan fingerprint density at radius 3 is 2.54 bits per heavy atom. The molecule has 0 aliphatic heterocycles. The molecule has 0 spiro atoms. The summed E-state index contributed by atoms with van der Waals surface area (Å²) in [5.41, 5.74) is 2.51. The zero-order chi connectivity index (χ0) is 17.5. The Bertz CT molecular complexity index is 671. The standard InChI is InChI=1S/C18H24N4O2/c1-12(10-14(3)23)11-20-18(24)22-16-6-4-15(5-7-16)17-19-9-8-13(2)21-17/h4-9,12,14,23H,10-11H2,1-3H3,(H2,20,22,24). The van der Waals surface area contributed by atoms with E-state index in [1.54, 1.807) is 13.1 Å². The molecule has 3 N–H and O–H groups in total. The number of nitrogens with one attached hydrogen (secondary N) is 2. The lowest BCUT2D eigenvalue weighted by atomic mass is 10.1. The molecule has 0 aliphatic carbocycles. The maximum absolute atomic E-state index is 11.9. The van der Waals surface area contributed by atoms with Crippen molar-refractivity contribution in [2.75, 3.05) is 11.9 Å². The van der Waals surface area contributed by atoms with E-state index >= 15 is 0 Å². The van der Waals surface area contributed by atoms with E-state index in [9.17, 15) is 9.90 Å². The van der Waals surface area contributed by atoms with Crippen molar-refractivity contribution in [3.63, 3.8) is 0 Å². The Morgan fingerprint density at radius 1 is 1.21 bits per heavy atom. The van der Waals surface area contributed by atoms with E-state index in [-0.39, 0.29) is 18.1 Å². The largest absolute Gasteiger partial charge is 0.393 e. The van der Waals surface area contributed by atoms with Gasteiger partial charge in [-0.25, -0.2) is 14.8 Å². The minimum absolute atomic E-state index is 0.219. The van der Waals surface area contributed by atoms with Gasteiger partial charge in [-0.15, -0.1) is 0 Å². The average Bonchev–Trinajstić information content (AvgIpc) is 2.53. The van der Waals surface area contributed by atoms with E-state index in [4.69, 9.17) is 0 Å². The molecular formula is C18H24N4O2. The maximum Gasteiger partial charge on any atom is 0.319 e. The van der Waals surface area contributed by atoms with Gasteiger partial charge in [0.1, 0.15) is 0 Å². The van der Waals surface area contributed by atoms with Gasteiger partial charge >= 0.3 is 6.03 Å². The molecule has 0 saturated heterocycles. The van der Waals surface area contributed by atoms with Crippen LogP contribution in [0.3, 0.4) is 0 Å². The molecule has 1 aromatic carbocycles. The van der Waals surface area contributed by atoms with Gasteiger partial charge in [0.2, 0.25) is 0 Å². The van der Waals surface area contributed by atoms with E-state index in [2.05, 4.69) is 20.6 Å². The van der Waals surface area contributed by atoms with Gasteiger partial charge in [0.05, 0.1) is 6.10 Å². The summed E-state index contributed by atoms with van der Waals surface area (Å²) < 4.78 is 0. The highest BCUT2D eigenvalue weighted by Gasteiger charge is 2.09. The molecule has 0 fully saturated rings. The minimum Gasteiger partial charge on any atom is -0.393 e. The van der Waals surface area contributed by atoms with E-state index in [0.29, 0.717) is 24.5 Å². The number of aromatic nitrogens is 2. The lowest BCUT2D eigenvalue weighted by molar-refractivity contribution is 0.163. The van der Waals surface area contributed by atoms with Crippen LogP contribution in [0.4, 0.5) is 10.5 Å². The molecule has 128 valence electrons. The summed E-state index contributed by atoms with van der Waals surface area (Å²) in [6.07, 6.45) is 2.03. The number of aliphatic hydroxyl groups is 1. The third-order valence-electron chi connectivity index (χ3n) is 3.55. The van der Waals surface area contributed by atoms with E-state index < -0.39 is 0 Å². The fourth-order valence-corrected chi connectivity index (χ4v) is 2.40. The fourth-order valence-electron chi connectivity index (χ4n) is 2.40. The minimum atomic E-state index is -0.360. The first-order valence-corrected chi connectivity index (χ1v) is 8.07. The van der Waals surface area contributed by atoms with Crippen LogP contribution in [-0.4, -0.2) is 33.8 Å².